The van der Waals surface area contributed by atoms with E-state index in [9.17, 15) is 4.79 Å². The highest BCUT2D eigenvalue weighted by atomic mass is 16.1. The van der Waals surface area contributed by atoms with Crippen LogP contribution in [0, 0.1) is 5.92 Å². The minimum Gasteiger partial charge on any atom is -0.356 e. The first-order chi connectivity index (χ1) is 6.34. The van der Waals surface area contributed by atoms with Crippen molar-refractivity contribution in [3.63, 3.8) is 0 Å². The molecule has 0 spiro atoms. The van der Waals surface area contributed by atoms with E-state index in [2.05, 4.69) is 12.2 Å². The number of amides is 1. The molecule has 1 fully saturated rings. The predicted octanol–water partition coefficient (Wildman–Crippen LogP) is 2.48. The SMILES string of the molecule is CCCCCNC(=O)C1CCCC1. The Morgan fingerprint density at radius 2 is 2.00 bits per heavy atom. The lowest BCUT2D eigenvalue weighted by Crippen LogP contribution is -2.29. The van der Waals surface area contributed by atoms with Crippen LogP contribution in [0.4, 0.5) is 0 Å². The van der Waals surface area contributed by atoms with Gasteiger partial charge in [0.15, 0.2) is 0 Å². The van der Waals surface area contributed by atoms with Crippen molar-refractivity contribution in [2.75, 3.05) is 6.54 Å². The molecule has 1 aliphatic rings. The van der Waals surface area contributed by atoms with Crippen molar-refractivity contribution in [1.82, 2.24) is 5.32 Å². The van der Waals surface area contributed by atoms with Gasteiger partial charge in [0.2, 0.25) is 5.91 Å². The second-order valence-corrected chi connectivity index (χ2v) is 3.98. The smallest absolute Gasteiger partial charge is 0.223 e. The summed E-state index contributed by atoms with van der Waals surface area (Å²) in [6, 6.07) is 0. The van der Waals surface area contributed by atoms with E-state index in [1.165, 1.54) is 25.7 Å². The van der Waals surface area contributed by atoms with E-state index < -0.39 is 0 Å². The number of unbranched alkanes of at least 4 members (excludes halogenated alkanes) is 2. The molecule has 76 valence electrons. The van der Waals surface area contributed by atoms with Crippen LogP contribution in [0.15, 0.2) is 0 Å². The monoisotopic (exact) mass is 183 g/mol. The molecule has 0 saturated heterocycles. The van der Waals surface area contributed by atoms with Gasteiger partial charge in [-0.3, -0.25) is 4.79 Å². The van der Waals surface area contributed by atoms with Crippen LogP contribution in [-0.2, 0) is 4.79 Å². The minimum absolute atomic E-state index is 0.300. The maximum Gasteiger partial charge on any atom is 0.223 e. The second kappa shape index (κ2) is 6.01. The van der Waals surface area contributed by atoms with Crippen molar-refractivity contribution in [1.29, 1.82) is 0 Å². The van der Waals surface area contributed by atoms with E-state index >= 15 is 0 Å². The standard InChI is InChI=1S/C11H21NO/c1-2-3-6-9-12-11(13)10-7-4-5-8-10/h10H,2-9H2,1H3,(H,12,13). The summed E-state index contributed by atoms with van der Waals surface area (Å²) in [5.74, 6) is 0.634. The Morgan fingerprint density at radius 3 is 2.62 bits per heavy atom. The van der Waals surface area contributed by atoms with E-state index in [1.807, 2.05) is 0 Å². The predicted molar refractivity (Wildman–Crippen MR) is 54.5 cm³/mol. The first kappa shape index (κ1) is 10.6. The molecule has 0 heterocycles. The van der Waals surface area contributed by atoms with Gasteiger partial charge in [0.05, 0.1) is 0 Å². The third-order valence-corrected chi connectivity index (χ3v) is 2.81. The summed E-state index contributed by atoms with van der Waals surface area (Å²) in [7, 11) is 0. The molecular weight excluding hydrogens is 162 g/mol. The van der Waals surface area contributed by atoms with Crippen molar-refractivity contribution in [2.24, 2.45) is 5.92 Å². The lowest BCUT2D eigenvalue weighted by Gasteiger charge is -2.09. The van der Waals surface area contributed by atoms with Gasteiger partial charge in [-0.25, -0.2) is 0 Å². The number of rotatable bonds is 5. The molecule has 0 aromatic heterocycles. The molecule has 0 unspecified atom stereocenters. The average molecular weight is 183 g/mol. The van der Waals surface area contributed by atoms with E-state index in [4.69, 9.17) is 0 Å². The molecule has 13 heavy (non-hydrogen) atoms. The molecule has 0 aromatic rings. The largest absolute Gasteiger partial charge is 0.356 e. The zero-order chi connectivity index (χ0) is 9.52. The summed E-state index contributed by atoms with van der Waals surface area (Å²) in [5, 5.41) is 3.02. The van der Waals surface area contributed by atoms with Gasteiger partial charge in [-0.1, -0.05) is 32.6 Å². The van der Waals surface area contributed by atoms with E-state index in [0.29, 0.717) is 11.8 Å². The molecule has 1 saturated carbocycles. The van der Waals surface area contributed by atoms with E-state index in [-0.39, 0.29) is 0 Å². The molecule has 2 nitrogen and oxygen atoms in total. The summed E-state index contributed by atoms with van der Waals surface area (Å²) in [6.45, 7) is 3.06. The Balaban J connectivity index is 2.03. The van der Waals surface area contributed by atoms with Crippen molar-refractivity contribution < 1.29 is 4.79 Å². The fourth-order valence-corrected chi connectivity index (χ4v) is 1.92. The number of hydrogen-bond acceptors (Lipinski definition) is 1. The van der Waals surface area contributed by atoms with Gasteiger partial charge < -0.3 is 5.32 Å². The molecule has 0 atom stereocenters. The fraction of sp³-hybridized carbons (Fsp3) is 0.909. The Hall–Kier alpha value is -0.530. The molecular formula is C11H21NO. The van der Waals surface area contributed by atoms with Gasteiger partial charge in [0.25, 0.3) is 0 Å². The van der Waals surface area contributed by atoms with Crippen LogP contribution < -0.4 is 5.32 Å². The van der Waals surface area contributed by atoms with Crippen molar-refractivity contribution >= 4 is 5.91 Å². The van der Waals surface area contributed by atoms with E-state index in [0.717, 1.165) is 25.8 Å². The molecule has 1 amide bonds. The lowest BCUT2D eigenvalue weighted by molar-refractivity contribution is -0.124. The highest BCUT2D eigenvalue weighted by Gasteiger charge is 2.21. The fourth-order valence-electron chi connectivity index (χ4n) is 1.92. The van der Waals surface area contributed by atoms with Gasteiger partial charge in [0, 0.05) is 12.5 Å². The van der Waals surface area contributed by atoms with Gasteiger partial charge in [-0.05, 0) is 19.3 Å². The Morgan fingerprint density at radius 1 is 1.31 bits per heavy atom. The molecule has 0 aliphatic heterocycles. The van der Waals surface area contributed by atoms with Crippen LogP contribution in [0.2, 0.25) is 0 Å². The van der Waals surface area contributed by atoms with Gasteiger partial charge in [-0.2, -0.15) is 0 Å². The molecule has 1 rings (SSSR count). The Bertz CT molecular complexity index is 150. The first-order valence-electron chi connectivity index (χ1n) is 5.62. The maximum atomic E-state index is 11.5. The molecule has 2 heteroatoms. The van der Waals surface area contributed by atoms with E-state index in [1.54, 1.807) is 0 Å². The van der Waals surface area contributed by atoms with Gasteiger partial charge in [-0.15, -0.1) is 0 Å². The summed E-state index contributed by atoms with van der Waals surface area (Å²) in [5.41, 5.74) is 0. The lowest BCUT2D eigenvalue weighted by atomic mass is 10.1. The molecule has 0 radical (unpaired) electrons. The highest BCUT2D eigenvalue weighted by molar-refractivity contribution is 5.78. The van der Waals surface area contributed by atoms with Crippen LogP contribution in [0.1, 0.15) is 51.9 Å². The highest BCUT2D eigenvalue weighted by Crippen LogP contribution is 2.24. The maximum absolute atomic E-state index is 11.5. The summed E-state index contributed by atoms with van der Waals surface area (Å²) in [6.07, 6.45) is 8.29. The molecule has 1 N–H and O–H groups in total. The van der Waals surface area contributed by atoms with Gasteiger partial charge in [0.1, 0.15) is 0 Å². The first-order valence-corrected chi connectivity index (χ1v) is 5.62. The Kier molecular flexibility index (Phi) is 4.87. The minimum atomic E-state index is 0.300. The summed E-state index contributed by atoms with van der Waals surface area (Å²) in [4.78, 5) is 11.5. The molecule has 1 aliphatic carbocycles. The zero-order valence-electron chi connectivity index (χ0n) is 8.64. The van der Waals surface area contributed by atoms with Crippen molar-refractivity contribution in [3.8, 4) is 0 Å². The third kappa shape index (κ3) is 3.79. The molecule has 0 bridgehead atoms. The Labute approximate surface area is 81.1 Å². The van der Waals surface area contributed by atoms with Gasteiger partial charge >= 0.3 is 0 Å². The quantitative estimate of drug-likeness (QED) is 0.652. The zero-order valence-corrected chi connectivity index (χ0v) is 8.64. The van der Waals surface area contributed by atoms with Crippen LogP contribution in [0.3, 0.4) is 0 Å². The van der Waals surface area contributed by atoms with Crippen LogP contribution in [-0.4, -0.2) is 12.5 Å². The topological polar surface area (TPSA) is 29.1 Å². The number of hydrogen-bond donors (Lipinski definition) is 1. The van der Waals surface area contributed by atoms with Crippen LogP contribution in [0.25, 0.3) is 0 Å². The molecule has 0 aromatic carbocycles. The summed E-state index contributed by atoms with van der Waals surface area (Å²) < 4.78 is 0. The number of nitrogens with one attached hydrogen (secondary N) is 1. The third-order valence-electron chi connectivity index (χ3n) is 2.81. The normalized spacial score (nSPS) is 17.6. The van der Waals surface area contributed by atoms with Crippen molar-refractivity contribution in [3.05, 3.63) is 0 Å². The number of carbonyl (C=O) groups is 1. The van der Waals surface area contributed by atoms with Crippen LogP contribution in [0.5, 0.6) is 0 Å². The average Bonchev–Trinajstić information content (AvgIpc) is 2.65. The van der Waals surface area contributed by atoms with Crippen LogP contribution >= 0.6 is 0 Å². The second-order valence-electron chi connectivity index (χ2n) is 3.98. The van der Waals surface area contributed by atoms with Crippen molar-refractivity contribution in [2.45, 2.75) is 51.9 Å². The summed E-state index contributed by atoms with van der Waals surface area (Å²) >= 11 is 0. The number of carbonyl (C=O) groups excluding carboxylic acids is 1.